The molecule has 8 heteroatoms. The molecule has 20 heavy (non-hydrogen) atoms. The van der Waals surface area contributed by atoms with Crippen molar-refractivity contribution in [3.05, 3.63) is 35.9 Å². The van der Waals surface area contributed by atoms with Crippen LogP contribution < -0.4 is 4.74 Å². The highest BCUT2D eigenvalue weighted by Crippen LogP contribution is 2.52. The van der Waals surface area contributed by atoms with Crippen LogP contribution in [0.5, 0.6) is 5.75 Å². The molecule has 2 nitrogen and oxygen atoms in total. The third-order valence-electron chi connectivity index (χ3n) is 2.67. The Balaban J connectivity index is 3.70. The predicted octanol–water partition coefficient (Wildman–Crippen LogP) is 3.65. The molecule has 0 saturated carbocycles. The van der Waals surface area contributed by atoms with Gasteiger partial charge in [-0.1, -0.05) is 18.7 Å². The molecule has 1 aromatic carbocycles. The zero-order valence-corrected chi connectivity index (χ0v) is 10.1. The van der Waals surface area contributed by atoms with E-state index in [1.54, 1.807) is 0 Å². The molecule has 0 atom stereocenters. The molecule has 0 aliphatic rings. The molecule has 0 spiro atoms. The van der Waals surface area contributed by atoms with Crippen molar-refractivity contribution in [1.29, 1.82) is 0 Å². The second kappa shape index (κ2) is 5.01. The summed E-state index contributed by atoms with van der Waals surface area (Å²) < 4.78 is 81.2. The monoisotopic (exact) mass is 300 g/mol. The fourth-order valence-corrected chi connectivity index (χ4v) is 1.60. The molecule has 0 bridgehead atoms. The van der Waals surface area contributed by atoms with Crippen LogP contribution in [-0.4, -0.2) is 24.6 Å². The minimum Gasteiger partial charge on any atom is -0.496 e. The molecule has 0 aliphatic carbocycles. The van der Waals surface area contributed by atoms with Crippen molar-refractivity contribution in [2.75, 3.05) is 7.11 Å². The maximum Gasteiger partial charge on any atom is 0.430 e. The van der Waals surface area contributed by atoms with Crippen molar-refractivity contribution in [2.45, 2.75) is 18.0 Å². The summed E-state index contributed by atoms with van der Waals surface area (Å²) in [5.41, 5.74) is -6.48. The molecular formula is C12H10F6O2. The quantitative estimate of drug-likeness (QED) is 0.863. The molecule has 0 aliphatic heterocycles. The molecule has 0 heterocycles. The van der Waals surface area contributed by atoms with Gasteiger partial charge in [0.25, 0.3) is 5.60 Å². The fourth-order valence-electron chi connectivity index (χ4n) is 1.60. The maximum atomic E-state index is 12.8. The molecule has 1 N–H and O–H groups in total. The minimum atomic E-state index is -5.96. The Bertz CT molecular complexity index is 490. The van der Waals surface area contributed by atoms with Gasteiger partial charge in [0.05, 0.1) is 7.11 Å². The molecule has 1 aromatic rings. The smallest absolute Gasteiger partial charge is 0.430 e. The number of benzene rings is 1. The van der Waals surface area contributed by atoms with Crippen LogP contribution in [0.25, 0.3) is 6.08 Å². The van der Waals surface area contributed by atoms with Crippen molar-refractivity contribution in [1.82, 2.24) is 0 Å². The third-order valence-corrected chi connectivity index (χ3v) is 2.67. The van der Waals surface area contributed by atoms with Gasteiger partial charge in [0.15, 0.2) is 0 Å². The summed E-state index contributed by atoms with van der Waals surface area (Å²) in [6.07, 6.45) is -10.9. The number of methoxy groups -OCH3 is 1. The SMILES string of the molecule is C=Cc1ccc(OC)c(C(O)(C(F)(F)F)C(F)(F)F)c1. The van der Waals surface area contributed by atoms with Crippen LogP contribution in [0.3, 0.4) is 0 Å². The molecule has 0 saturated heterocycles. The van der Waals surface area contributed by atoms with E-state index in [1.807, 2.05) is 0 Å². The van der Waals surface area contributed by atoms with Gasteiger partial charge in [-0.2, -0.15) is 26.3 Å². The van der Waals surface area contributed by atoms with Gasteiger partial charge in [0.2, 0.25) is 0 Å². The van der Waals surface area contributed by atoms with E-state index >= 15 is 0 Å². The number of ether oxygens (including phenoxy) is 1. The Morgan fingerprint density at radius 3 is 1.95 bits per heavy atom. The Morgan fingerprint density at radius 2 is 1.60 bits per heavy atom. The van der Waals surface area contributed by atoms with Crippen LogP contribution in [0.1, 0.15) is 11.1 Å². The summed E-state index contributed by atoms with van der Waals surface area (Å²) in [6.45, 7) is 3.25. The highest BCUT2D eigenvalue weighted by molar-refractivity contribution is 5.54. The van der Waals surface area contributed by atoms with Crippen LogP contribution in [0, 0.1) is 0 Å². The topological polar surface area (TPSA) is 29.5 Å². The van der Waals surface area contributed by atoms with E-state index in [-0.39, 0.29) is 5.56 Å². The molecule has 0 aromatic heterocycles. The van der Waals surface area contributed by atoms with Gasteiger partial charge in [0.1, 0.15) is 5.75 Å². The highest BCUT2D eigenvalue weighted by Gasteiger charge is 2.72. The first-order chi connectivity index (χ1) is 8.99. The van der Waals surface area contributed by atoms with Crippen LogP contribution >= 0.6 is 0 Å². The Morgan fingerprint density at radius 1 is 1.10 bits per heavy atom. The number of hydrogen-bond donors (Lipinski definition) is 1. The molecule has 1 rings (SSSR count). The lowest BCUT2D eigenvalue weighted by molar-refractivity contribution is -0.376. The van der Waals surface area contributed by atoms with Crippen molar-refractivity contribution < 1.29 is 36.2 Å². The average molecular weight is 300 g/mol. The molecule has 0 amide bonds. The summed E-state index contributed by atoms with van der Waals surface area (Å²) in [5.74, 6) is -0.729. The van der Waals surface area contributed by atoms with Gasteiger partial charge in [-0.3, -0.25) is 0 Å². The first kappa shape index (κ1) is 16.4. The van der Waals surface area contributed by atoms with Crippen LogP contribution in [0.2, 0.25) is 0 Å². The summed E-state index contributed by atoms with van der Waals surface area (Å²) in [5, 5.41) is 9.32. The number of hydrogen-bond acceptors (Lipinski definition) is 2. The van der Waals surface area contributed by atoms with Crippen molar-refractivity contribution in [2.24, 2.45) is 0 Å². The second-order valence-electron chi connectivity index (χ2n) is 3.87. The first-order valence-corrected chi connectivity index (χ1v) is 5.15. The molecular weight excluding hydrogens is 290 g/mol. The first-order valence-electron chi connectivity index (χ1n) is 5.15. The van der Waals surface area contributed by atoms with Gasteiger partial charge in [-0.15, -0.1) is 0 Å². The maximum absolute atomic E-state index is 12.8. The normalized spacial score (nSPS) is 13.2. The zero-order chi connectivity index (χ0) is 15.8. The van der Waals surface area contributed by atoms with E-state index in [0.29, 0.717) is 6.07 Å². The summed E-state index contributed by atoms with van der Waals surface area (Å²) in [7, 11) is 0.902. The lowest BCUT2D eigenvalue weighted by atomic mass is 9.90. The van der Waals surface area contributed by atoms with E-state index in [4.69, 9.17) is 0 Å². The van der Waals surface area contributed by atoms with Gasteiger partial charge in [-0.05, 0) is 17.7 Å². The lowest BCUT2D eigenvalue weighted by Crippen LogP contribution is -2.54. The number of alkyl halides is 6. The van der Waals surface area contributed by atoms with Crippen molar-refractivity contribution in [3.63, 3.8) is 0 Å². The largest absolute Gasteiger partial charge is 0.496 e. The lowest BCUT2D eigenvalue weighted by Gasteiger charge is -2.33. The summed E-state index contributed by atoms with van der Waals surface area (Å²) >= 11 is 0. The molecule has 0 fully saturated rings. The molecule has 0 radical (unpaired) electrons. The second-order valence-corrected chi connectivity index (χ2v) is 3.87. The van der Waals surface area contributed by atoms with E-state index in [0.717, 1.165) is 19.3 Å². The predicted molar refractivity (Wildman–Crippen MR) is 59.1 cm³/mol. The highest BCUT2D eigenvalue weighted by atomic mass is 19.4. The summed E-state index contributed by atoms with van der Waals surface area (Å²) in [6, 6.07) is 2.64. The minimum absolute atomic E-state index is 0.0206. The summed E-state index contributed by atoms with van der Waals surface area (Å²) in [4.78, 5) is 0. The van der Waals surface area contributed by atoms with Crippen LogP contribution in [-0.2, 0) is 5.60 Å². The fraction of sp³-hybridized carbons (Fsp3) is 0.333. The number of aliphatic hydroxyl groups is 1. The zero-order valence-electron chi connectivity index (χ0n) is 10.1. The number of rotatable bonds is 3. The Hall–Kier alpha value is -1.70. The van der Waals surface area contributed by atoms with Crippen LogP contribution in [0.15, 0.2) is 24.8 Å². The van der Waals surface area contributed by atoms with E-state index in [1.165, 1.54) is 6.07 Å². The van der Waals surface area contributed by atoms with Gasteiger partial charge >= 0.3 is 12.4 Å². The molecule has 0 unspecified atom stereocenters. The Labute approximate surface area is 110 Å². The Kier molecular flexibility index (Phi) is 4.09. The number of halogens is 6. The van der Waals surface area contributed by atoms with Gasteiger partial charge in [0, 0.05) is 5.56 Å². The van der Waals surface area contributed by atoms with Crippen LogP contribution in [0.4, 0.5) is 26.3 Å². The van der Waals surface area contributed by atoms with E-state index in [9.17, 15) is 31.4 Å². The molecule has 112 valence electrons. The standard InChI is InChI=1S/C12H10F6O2/c1-3-7-4-5-9(20-2)8(6-7)10(19,11(13,14)15)12(16,17)18/h3-6,19H,1H2,2H3. The van der Waals surface area contributed by atoms with Gasteiger partial charge < -0.3 is 9.84 Å². The van der Waals surface area contributed by atoms with Gasteiger partial charge in [-0.25, -0.2) is 0 Å². The van der Waals surface area contributed by atoms with Crippen molar-refractivity contribution >= 4 is 6.08 Å². The van der Waals surface area contributed by atoms with E-state index < -0.39 is 29.3 Å². The third kappa shape index (κ3) is 2.47. The average Bonchev–Trinajstić information content (AvgIpc) is 2.34. The van der Waals surface area contributed by atoms with Crippen molar-refractivity contribution in [3.8, 4) is 5.75 Å². The van der Waals surface area contributed by atoms with E-state index in [2.05, 4.69) is 11.3 Å².